The van der Waals surface area contributed by atoms with Crippen molar-refractivity contribution in [2.24, 2.45) is 5.41 Å². The quantitative estimate of drug-likeness (QED) is 0.0588. The maximum atomic E-state index is 2.66. The molecule has 1 unspecified atom stereocenters. The lowest BCUT2D eigenvalue weighted by Crippen LogP contribution is -2.26. The van der Waals surface area contributed by atoms with E-state index < -0.39 is 0 Å². The Bertz CT molecular complexity index is 2040. The van der Waals surface area contributed by atoms with Gasteiger partial charge in [0.1, 0.15) is 0 Å². The Kier molecular flexibility index (Phi) is 20.8. The van der Waals surface area contributed by atoms with Crippen LogP contribution >= 0.6 is 0 Å². The van der Waals surface area contributed by atoms with Crippen molar-refractivity contribution >= 4 is 16.7 Å². The van der Waals surface area contributed by atoms with Gasteiger partial charge in [0.25, 0.3) is 0 Å². The van der Waals surface area contributed by atoms with Gasteiger partial charge in [0, 0.05) is 5.41 Å². The van der Waals surface area contributed by atoms with Crippen molar-refractivity contribution in [3.8, 4) is 11.1 Å². The summed E-state index contributed by atoms with van der Waals surface area (Å²) in [6.07, 6.45) is 33.9. The van der Waals surface area contributed by atoms with Gasteiger partial charge in [-0.25, -0.2) is 0 Å². The lowest BCUT2D eigenvalue weighted by Gasteiger charge is -2.34. The van der Waals surface area contributed by atoms with Gasteiger partial charge in [0.15, 0.2) is 0 Å². The zero-order chi connectivity index (χ0) is 47.1. The van der Waals surface area contributed by atoms with Gasteiger partial charge in [0.2, 0.25) is 0 Å². The van der Waals surface area contributed by atoms with Crippen molar-refractivity contribution in [3.05, 3.63) is 123 Å². The molecule has 0 amide bonds. The molecular formula is C64H96. The molecule has 0 nitrogen and oxygen atoms in total. The van der Waals surface area contributed by atoms with Crippen molar-refractivity contribution in [1.29, 1.82) is 0 Å². The van der Waals surface area contributed by atoms with Crippen molar-refractivity contribution in [1.82, 2.24) is 0 Å². The minimum atomic E-state index is 0.0674. The molecule has 0 heterocycles. The molecule has 4 rings (SSSR count). The lowest BCUT2D eigenvalue weighted by atomic mass is 9.69. The molecule has 0 bridgehead atoms. The van der Waals surface area contributed by atoms with Crippen LogP contribution in [0.4, 0.5) is 0 Å². The summed E-state index contributed by atoms with van der Waals surface area (Å²) in [5.74, 6) is 0.496. The Balaban J connectivity index is 1.86. The highest BCUT2D eigenvalue weighted by Crippen LogP contribution is 2.55. The van der Waals surface area contributed by atoms with Gasteiger partial charge in [-0.05, 0) is 148 Å². The first-order chi connectivity index (χ1) is 30.5. The molecule has 0 saturated carbocycles. The number of unbranched alkanes of at least 4 members (excludes halogenated alkanes) is 10. The van der Waals surface area contributed by atoms with E-state index in [4.69, 9.17) is 0 Å². The van der Waals surface area contributed by atoms with Crippen LogP contribution in [0.3, 0.4) is 0 Å². The molecule has 0 spiro atoms. The Labute approximate surface area is 397 Å². The monoisotopic (exact) mass is 865 g/mol. The van der Waals surface area contributed by atoms with Crippen LogP contribution in [0.2, 0.25) is 0 Å². The molecule has 64 heavy (non-hydrogen) atoms. The second-order valence-electron chi connectivity index (χ2n) is 22.2. The van der Waals surface area contributed by atoms with Crippen LogP contribution in [0.25, 0.3) is 27.8 Å². The molecule has 0 aliphatic heterocycles. The smallest absolute Gasteiger partial charge is 0.0215 e. The van der Waals surface area contributed by atoms with Gasteiger partial charge >= 0.3 is 0 Å². The lowest BCUT2D eigenvalue weighted by molar-refractivity contribution is 0.397. The average molecular weight is 865 g/mol. The van der Waals surface area contributed by atoms with Crippen LogP contribution in [0, 0.1) is 5.41 Å². The molecule has 0 N–H and O–H groups in total. The summed E-state index contributed by atoms with van der Waals surface area (Å²) >= 11 is 0. The van der Waals surface area contributed by atoms with Crippen LogP contribution < -0.4 is 0 Å². The number of rotatable bonds is 25. The normalized spacial score (nSPS) is 15.2. The zero-order valence-electron chi connectivity index (χ0n) is 44.4. The molecule has 1 aliphatic carbocycles. The van der Waals surface area contributed by atoms with Gasteiger partial charge in [-0.3, -0.25) is 0 Å². The largest absolute Gasteiger partial charge is 0.0679 e. The van der Waals surface area contributed by atoms with E-state index in [0.29, 0.717) is 5.92 Å². The molecule has 0 aromatic heterocycles. The zero-order valence-corrected chi connectivity index (χ0v) is 44.4. The van der Waals surface area contributed by atoms with Crippen LogP contribution in [-0.4, -0.2) is 0 Å². The van der Waals surface area contributed by atoms with E-state index in [2.05, 4.69) is 177 Å². The highest BCUT2D eigenvalue weighted by atomic mass is 14.5. The topological polar surface area (TPSA) is 0 Å². The second-order valence-corrected chi connectivity index (χ2v) is 22.2. The molecule has 0 heteroatoms. The van der Waals surface area contributed by atoms with Crippen molar-refractivity contribution in [2.45, 2.75) is 243 Å². The summed E-state index contributed by atoms with van der Waals surface area (Å²) in [6, 6.07) is 20.1. The fraction of sp³-hybridized carbons (Fsp3) is 0.594. The summed E-state index contributed by atoms with van der Waals surface area (Å²) < 4.78 is 0. The molecule has 0 radical (unpaired) electrons. The van der Waals surface area contributed by atoms with Crippen molar-refractivity contribution in [2.75, 3.05) is 0 Å². The minimum absolute atomic E-state index is 0.0674. The molecular weight excluding hydrogens is 769 g/mol. The average Bonchev–Trinajstić information content (AvgIpc) is 3.53. The van der Waals surface area contributed by atoms with Gasteiger partial charge in [-0.1, -0.05) is 245 Å². The molecule has 352 valence electrons. The molecule has 1 atom stereocenters. The summed E-state index contributed by atoms with van der Waals surface area (Å²) in [6.45, 7) is 35.3. The first-order valence-corrected chi connectivity index (χ1v) is 26.7. The SMILES string of the molecule is CCCCCCCCC1(CCCCCCCC)c2cc(/C(C)=C/C=C(\CCC)c3ccc(/C(C)=C/C=C(\C)C(C)(C)C)c(C(C)CC)c3CCC)ccc2-c2ccc(C(C)(C)C)cc21. The summed E-state index contributed by atoms with van der Waals surface area (Å²) in [4.78, 5) is 0. The van der Waals surface area contributed by atoms with Gasteiger partial charge in [-0.2, -0.15) is 0 Å². The van der Waals surface area contributed by atoms with E-state index in [1.54, 1.807) is 22.3 Å². The molecule has 1 aliphatic rings. The van der Waals surface area contributed by atoms with E-state index in [0.717, 1.165) is 32.1 Å². The van der Waals surface area contributed by atoms with E-state index >= 15 is 0 Å². The van der Waals surface area contributed by atoms with Gasteiger partial charge < -0.3 is 0 Å². The van der Waals surface area contributed by atoms with Gasteiger partial charge in [0.05, 0.1) is 0 Å². The first-order valence-electron chi connectivity index (χ1n) is 26.7. The van der Waals surface area contributed by atoms with E-state index in [1.165, 1.54) is 146 Å². The van der Waals surface area contributed by atoms with E-state index in [-0.39, 0.29) is 16.2 Å². The Morgan fingerprint density at radius 3 is 1.66 bits per heavy atom. The highest BCUT2D eigenvalue weighted by molar-refractivity contribution is 5.84. The van der Waals surface area contributed by atoms with Crippen LogP contribution in [0.1, 0.15) is 270 Å². The van der Waals surface area contributed by atoms with Crippen LogP contribution in [0.15, 0.2) is 78.4 Å². The Morgan fingerprint density at radius 1 is 0.562 bits per heavy atom. The third-order valence-electron chi connectivity index (χ3n) is 15.1. The van der Waals surface area contributed by atoms with Crippen LogP contribution in [-0.2, 0) is 17.3 Å². The van der Waals surface area contributed by atoms with Crippen molar-refractivity contribution < 1.29 is 0 Å². The second kappa shape index (κ2) is 24.9. The fourth-order valence-electron chi connectivity index (χ4n) is 10.4. The predicted octanol–water partition coefficient (Wildman–Crippen LogP) is 20.9. The number of hydrogen-bond donors (Lipinski definition) is 0. The molecule has 0 saturated heterocycles. The third kappa shape index (κ3) is 13.6. The van der Waals surface area contributed by atoms with E-state index in [9.17, 15) is 0 Å². The Hall–Kier alpha value is -3.38. The Morgan fingerprint density at radius 2 is 1.11 bits per heavy atom. The maximum absolute atomic E-state index is 2.66. The standard InChI is InChI=1S/C64H96/c1-16-21-23-25-27-29-43-64(44-30-28-26-24-22-17-2)59-45-52(37-39-56(59)57-40-38-53(46-60(57)64)63(13,14)15)48(7)34-36-51(31-18-3)55-42-41-54(49(8)33-35-50(9)62(10,11)12)61(47(6)20-5)58(55)32-19-4/h33-42,45-47H,16-32,43-44H2,1-15H3/b48-34+,49-33+,50-35+,51-36+. The van der Waals surface area contributed by atoms with E-state index in [1.807, 2.05) is 0 Å². The first kappa shape index (κ1) is 53.2. The summed E-state index contributed by atoms with van der Waals surface area (Å²) in [5, 5.41) is 0. The highest BCUT2D eigenvalue weighted by Gasteiger charge is 2.43. The third-order valence-corrected chi connectivity index (χ3v) is 15.1. The van der Waals surface area contributed by atoms with Crippen LogP contribution in [0.5, 0.6) is 0 Å². The van der Waals surface area contributed by atoms with Crippen molar-refractivity contribution in [3.63, 3.8) is 0 Å². The molecule has 3 aromatic rings. The summed E-state index contributed by atoms with van der Waals surface area (Å²) in [5.41, 5.74) is 21.1. The maximum Gasteiger partial charge on any atom is 0.0215 e. The number of benzene rings is 3. The summed E-state index contributed by atoms with van der Waals surface area (Å²) in [7, 11) is 0. The predicted molar refractivity (Wildman–Crippen MR) is 290 cm³/mol. The molecule has 3 aromatic carbocycles. The fourth-order valence-corrected chi connectivity index (χ4v) is 10.4. The number of hydrogen-bond acceptors (Lipinski definition) is 0. The number of allylic oxidation sites excluding steroid dienone is 8. The number of fused-ring (bicyclic) bond motifs is 3. The molecule has 0 fully saturated rings. The minimum Gasteiger partial charge on any atom is -0.0679 e. The van der Waals surface area contributed by atoms with Gasteiger partial charge in [-0.15, -0.1) is 0 Å².